The molecule has 1 unspecified atom stereocenters. The van der Waals surface area contributed by atoms with Gasteiger partial charge in [0.15, 0.2) is 0 Å². The number of nitrogens with one attached hydrogen (secondary N) is 2. The van der Waals surface area contributed by atoms with Crippen molar-refractivity contribution in [2.45, 2.75) is 47.2 Å². The first-order valence-corrected chi connectivity index (χ1v) is 8.12. The lowest BCUT2D eigenvalue weighted by Gasteiger charge is -2.13. The van der Waals surface area contributed by atoms with Gasteiger partial charge in [-0.1, -0.05) is 12.1 Å². The van der Waals surface area contributed by atoms with Gasteiger partial charge >= 0.3 is 0 Å². The zero-order chi connectivity index (χ0) is 17.7. The summed E-state index contributed by atoms with van der Waals surface area (Å²) in [4.78, 5) is 12.1. The van der Waals surface area contributed by atoms with Crippen molar-refractivity contribution in [2.24, 2.45) is 5.10 Å². The van der Waals surface area contributed by atoms with Gasteiger partial charge in [-0.05, 0) is 52.3 Å². The second-order valence-electron chi connectivity index (χ2n) is 5.87. The predicted molar refractivity (Wildman–Crippen MR) is 97.4 cm³/mol. The third kappa shape index (κ3) is 4.22. The van der Waals surface area contributed by atoms with Crippen LogP contribution in [0.1, 0.15) is 36.4 Å². The summed E-state index contributed by atoms with van der Waals surface area (Å²) < 4.78 is 1.92. The fourth-order valence-corrected chi connectivity index (χ4v) is 2.51. The molecule has 1 atom stereocenters. The normalized spacial score (nSPS) is 12.4. The molecule has 128 valence electrons. The first-order valence-electron chi connectivity index (χ1n) is 8.12. The zero-order valence-electron chi connectivity index (χ0n) is 14.9. The minimum absolute atomic E-state index is 0.189. The fourth-order valence-electron chi connectivity index (χ4n) is 2.51. The van der Waals surface area contributed by atoms with Gasteiger partial charge in [-0.2, -0.15) is 10.2 Å². The number of anilines is 1. The van der Waals surface area contributed by atoms with Gasteiger partial charge in [0.1, 0.15) is 6.04 Å². The van der Waals surface area contributed by atoms with Crippen LogP contribution in [-0.4, -0.2) is 27.9 Å². The smallest absolute Gasteiger partial charge is 0.262 e. The zero-order valence-corrected chi connectivity index (χ0v) is 14.9. The largest absolute Gasteiger partial charge is 0.374 e. The molecule has 1 aromatic carbocycles. The summed E-state index contributed by atoms with van der Waals surface area (Å²) in [5.74, 6) is -0.189. The second kappa shape index (κ2) is 7.77. The molecule has 0 spiro atoms. The average molecular weight is 327 g/mol. The van der Waals surface area contributed by atoms with Gasteiger partial charge in [0, 0.05) is 23.5 Å². The Kier molecular flexibility index (Phi) is 5.73. The van der Waals surface area contributed by atoms with E-state index in [4.69, 9.17) is 0 Å². The van der Waals surface area contributed by atoms with Crippen LogP contribution < -0.4 is 10.7 Å². The van der Waals surface area contributed by atoms with E-state index in [9.17, 15) is 4.79 Å². The third-order valence-corrected chi connectivity index (χ3v) is 3.90. The van der Waals surface area contributed by atoms with Crippen molar-refractivity contribution in [3.63, 3.8) is 0 Å². The molecule has 0 aliphatic carbocycles. The Labute approximate surface area is 143 Å². The molecule has 0 aliphatic heterocycles. The number of aromatic nitrogens is 2. The summed E-state index contributed by atoms with van der Waals surface area (Å²) >= 11 is 0. The number of hydrogen-bond acceptors (Lipinski definition) is 4. The lowest BCUT2D eigenvalue weighted by atomic mass is 10.2. The molecule has 2 rings (SSSR count). The van der Waals surface area contributed by atoms with Crippen molar-refractivity contribution in [3.8, 4) is 0 Å². The quantitative estimate of drug-likeness (QED) is 0.633. The lowest BCUT2D eigenvalue weighted by molar-refractivity contribution is -0.121. The molecule has 0 aliphatic rings. The minimum atomic E-state index is -0.385. The van der Waals surface area contributed by atoms with Crippen molar-refractivity contribution >= 4 is 17.8 Å². The first-order chi connectivity index (χ1) is 11.4. The van der Waals surface area contributed by atoms with Gasteiger partial charge < -0.3 is 5.32 Å². The van der Waals surface area contributed by atoms with E-state index in [2.05, 4.69) is 20.9 Å². The van der Waals surface area contributed by atoms with Crippen LogP contribution in [-0.2, 0) is 11.3 Å². The van der Waals surface area contributed by atoms with Crippen LogP contribution in [0.2, 0.25) is 0 Å². The molecule has 6 nitrogen and oxygen atoms in total. The van der Waals surface area contributed by atoms with Gasteiger partial charge in [-0.3, -0.25) is 9.48 Å². The molecule has 24 heavy (non-hydrogen) atoms. The Morgan fingerprint density at radius 2 is 2.12 bits per heavy atom. The van der Waals surface area contributed by atoms with Crippen molar-refractivity contribution < 1.29 is 4.79 Å². The van der Waals surface area contributed by atoms with E-state index in [0.29, 0.717) is 0 Å². The Hall–Kier alpha value is -2.63. The molecule has 0 saturated heterocycles. The van der Waals surface area contributed by atoms with Gasteiger partial charge in [0.25, 0.3) is 5.91 Å². The van der Waals surface area contributed by atoms with Gasteiger partial charge in [0.2, 0.25) is 0 Å². The number of nitrogens with zero attached hydrogens (tertiary/aromatic N) is 3. The molecular weight excluding hydrogens is 302 g/mol. The maximum atomic E-state index is 12.1. The van der Waals surface area contributed by atoms with Gasteiger partial charge in [-0.25, -0.2) is 5.43 Å². The highest BCUT2D eigenvalue weighted by Crippen LogP contribution is 2.11. The van der Waals surface area contributed by atoms with Crippen LogP contribution >= 0.6 is 0 Å². The van der Waals surface area contributed by atoms with E-state index in [1.807, 2.05) is 56.6 Å². The molecule has 0 saturated carbocycles. The summed E-state index contributed by atoms with van der Waals surface area (Å²) in [7, 11) is 0. The number of hydrazone groups is 1. The Morgan fingerprint density at radius 1 is 1.38 bits per heavy atom. The van der Waals surface area contributed by atoms with Crippen LogP contribution in [0, 0.1) is 20.8 Å². The summed E-state index contributed by atoms with van der Waals surface area (Å²) in [6.07, 6.45) is 1.65. The number of hydrogen-bond donors (Lipinski definition) is 2. The van der Waals surface area contributed by atoms with Crippen molar-refractivity contribution in [3.05, 3.63) is 46.8 Å². The van der Waals surface area contributed by atoms with E-state index in [0.717, 1.165) is 34.7 Å². The van der Waals surface area contributed by atoms with Gasteiger partial charge in [0.05, 0.1) is 11.9 Å². The highest BCUT2D eigenvalue weighted by atomic mass is 16.2. The van der Waals surface area contributed by atoms with Crippen molar-refractivity contribution in [2.75, 3.05) is 5.32 Å². The molecule has 0 radical (unpaired) electrons. The average Bonchev–Trinajstić information content (AvgIpc) is 2.82. The van der Waals surface area contributed by atoms with Crippen molar-refractivity contribution in [1.29, 1.82) is 0 Å². The van der Waals surface area contributed by atoms with Crippen LogP contribution in [0.3, 0.4) is 0 Å². The molecule has 1 amide bonds. The first kappa shape index (κ1) is 17.7. The summed E-state index contributed by atoms with van der Waals surface area (Å²) in [6, 6.07) is 7.52. The molecule has 0 bridgehead atoms. The van der Waals surface area contributed by atoms with Crippen LogP contribution in [0.4, 0.5) is 5.69 Å². The molecule has 2 N–H and O–H groups in total. The molecule has 2 aromatic rings. The minimum Gasteiger partial charge on any atom is -0.374 e. The Bertz CT molecular complexity index is 748. The number of carbonyl (C=O) groups excluding carboxylic acids is 1. The SMILES string of the molecule is CCn1nc(C)c(C=NNC(=O)C(C)Nc2cccc(C)c2)c1C. The number of rotatable bonds is 6. The summed E-state index contributed by atoms with van der Waals surface area (Å²) in [5.41, 5.74) is 7.52. The number of amides is 1. The van der Waals surface area contributed by atoms with Gasteiger partial charge in [-0.15, -0.1) is 0 Å². The molecule has 6 heteroatoms. The summed E-state index contributed by atoms with van der Waals surface area (Å²) in [5, 5.41) is 11.7. The standard InChI is InChI=1S/C18H25N5O/c1-6-23-15(5)17(13(3)22-23)11-19-21-18(24)14(4)20-16-9-7-8-12(2)10-16/h7-11,14,20H,6H2,1-5H3,(H,21,24). The second-order valence-corrected chi connectivity index (χ2v) is 5.87. The van der Waals surface area contributed by atoms with E-state index < -0.39 is 0 Å². The third-order valence-electron chi connectivity index (χ3n) is 3.90. The maximum absolute atomic E-state index is 12.1. The van der Waals surface area contributed by atoms with E-state index in [1.54, 1.807) is 13.1 Å². The Morgan fingerprint density at radius 3 is 2.75 bits per heavy atom. The number of benzene rings is 1. The highest BCUT2D eigenvalue weighted by Gasteiger charge is 2.12. The molecule has 0 fully saturated rings. The molecule has 1 aromatic heterocycles. The van der Waals surface area contributed by atoms with Crippen LogP contribution in [0.25, 0.3) is 0 Å². The van der Waals surface area contributed by atoms with E-state index in [1.165, 1.54) is 0 Å². The summed E-state index contributed by atoms with van der Waals surface area (Å²) in [6.45, 7) is 10.6. The van der Waals surface area contributed by atoms with Crippen LogP contribution in [0.5, 0.6) is 0 Å². The number of aryl methyl sites for hydroxylation is 3. The van der Waals surface area contributed by atoms with E-state index >= 15 is 0 Å². The van der Waals surface area contributed by atoms with Crippen molar-refractivity contribution in [1.82, 2.24) is 15.2 Å². The maximum Gasteiger partial charge on any atom is 0.262 e. The lowest BCUT2D eigenvalue weighted by Crippen LogP contribution is -2.34. The Balaban J connectivity index is 1.96. The highest BCUT2D eigenvalue weighted by molar-refractivity contribution is 5.87. The fraction of sp³-hybridized carbons (Fsp3) is 0.389. The molecule has 1 heterocycles. The topological polar surface area (TPSA) is 71.3 Å². The number of carbonyl (C=O) groups is 1. The predicted octanol–water partition coefficient (Wildman–Crippen LogP) is 2.78. The molecular formula is C18H25N5O. The monoisotopic (exact) mass is 327 g/mol. The van der Waals surface area contributed by atoms with E-state index in [-0.39, 0.29) is 11.9 Å². The van der Waals surface area contributed by atoms with Crippen LogP contribution in [0.15, 0.2) is 29.4 Å².